The smallest absolute Gasteiger partial charge is 0.274 e. The summed E-state index contributed by atoms with van der Waals surface area (Å²) in [5.41, 5.74) is 1.56. The molecule has 25 heavy (non-hydrogen) atoms. The molecule has 0 aliphatic carbocycles. The summed E-state index contributed by atoms with van der Waals surface area (Å²) < 4.78 is 13.2. The van der Waals surface area contributed by atoms with Crippen LogP contribution in [-0.2, 0) is 6.54 Å². The Bertz CT molecular complexity index is 886. The third-order valence-corrected chi connectivity index (χ3v) is 3.35. The molecule has 0 saturated carbocycles. The van der Waals surface area contributed by atoms with E-state index in [0.717, 1.165) is 5.56 Å². The van der Waals surface area contributed by atoms with Crippen molar-refractivity contribution < 1.29 is 9.18 Å². The van der Waals surface area contributed by atoms with Gasteiger partial charge in [-0.25, -0.2) is 14.4 Å². The van der Waals surface area contributed by atoms with E-state index in [1.54, 1.807) is 31.5 Å². The van der Waals surface area contributed by atoms with Crippen molar-refractivity contribution in [2.75, 3.05) is 10.6 Å². The molecule has 0 saturated heterocycles. The summed E-state index contributed by atoms with van der Waals surface area (Å²) in [7, 11) is 0. The van der Waals surface area contributed by atoms with Crippen molar-refractivity contribution in [2.24, 2.45) is 0 Å². The highest BCUT2D eigenvalue weighted by Gasteiger charge is 2.11. The van der Waals surface area contributed by atoms with Crippen LogP contribution in [0.1, 0.15) is 21.9 Å². The van der Waals surface area contributed by atoms with Crippen molar-refractivity contribution in [3.8, 4) is 0 Å². The predicted octanol–water partition coefficient (Wildman–Crippen LogP) is 3.18. The van der Waals surface area contributed by atoms with Gasteiger partial charge in [0.1, 0.15) is 23.2 Å². The van der Waals surface area contributed by atoms with Gasteiger partial charge in [0.15, 0.2) is 0 Å². The van der Waals surface area contributed by atoms with Gasteiger partial charge in [0.2, 0.25) is 0 Å². The average molecular weight is 337 g/mol. The zero-order chi connectivity index (χ0) is 17.6. The van der Waals surface area contributed by atoms with E-state index in [-0.39, 0.29) is 5.69 Å². The number of pyridine rings is 1. The van der Waals surface area contributed by atoms with Crippen LogP contribution in [-0.4, -0.2) is 20.9 Å². The highest BCUT2D eigenvalue weighted by atomic mass is 19.1. The second kappa shape index (κ2) is 7.48. The second-order valence-corrected chi connectivity index (χ2v) is 5.36. The SMILES string of the molecule is Cc1nc(NCc2cccnc2)cc(C(=O)Nc2cccc(F)c2)n1. The van der Waals surface area contributed by atoms with Crippen LogP contribution in [0.4, 0.5) is 15.9 Å². The Morgan fingerprint density at radius 1 is 1.16 bits per heavy atom. The third kappa shape index (κ3) is 4.57. The molecule has 0 bridgehead atoms. The number of benzene rings is 1. The topological polar surface area (TPSA) is 79.8 Å². The second-order valence-electron chi connectivity index (χ2n) is 5.36. The van der Waals surface area contributed by atoms with E-state index in [9.17, 15) is 9.18 Å². The lowest BCUT2D eigenvalue weighted by Crippen LogP contribution is -2.16. The van der Waals surface area contributed by atoms with Crippen LogP contribution >= 0.6 is 0 Å². The van der Waals surface area contributed by atoms with Crippen LogP contribution in [0.25, 0.3) is 0 Å². The van der Waals surface area contributed by atoms with Gasteiger partial charge in [0.05, 0.1) is 0 Å². The van der Waals surface area contributed by atoms with Crippen molar-refractivity contribution in [3.05, 3.63) is 77.8 Å². The normalized spacial score (nSPS) is 10.3. The Morgan fingerprint density at radius 3 is 2.80 bits per heavy atom. The number of rotatable bonds is 5. The van der Waals surface area contributed by atoms with Crippen LogP contribution < -0.4 is 10.6 Å². The molecule has 3 rings (SSSR count). The fourth-order valence-corrected chi connectivity index (χ4v) is 2.23. The van der Waals surface area contributed by atoms with Gasteiger partial charge in [-0.3, -0.25) is 9.78 Å². The van der Waals surface area contributed by atoms with Crippen molar-refractivity contribution in [1.29, 1.82) is 0 Å². The maximum absolute atomic E-state index is 13.2. The summed E-state index contributed by atoms with van der Waals surface area (Å²) in [5.74, 6) is 0.136. The molecule has 0 aliphatic rings. The molecule has 0 spiro atoms. The molecular weight excluding hydrogens is 321 g/mol. The average Bonchev–Trinajstić information content (AvgIpc) is 2.60. The van der Waals surface area contributed by atoms with Gasteiger partial charge < -0.3 is 10.6 Å². The summed E-state index contributed by atoms with van der Waals surface area (Å²) in [6.07, 6.45) is 3.45. The zero-order valence-electron chi connectivity index (χ0n) is 13.5. The maximum Gasteiger partial charge on any atom is 0.274 e. The standard InChI is InChI=1S/C18H16FN5O/c1-12-22-16(18(25)24-15-6-2-5-14(19)8-15)9-17(23-12)21-11-13-4-3-7-20-10-13/h2-10H,11H2,1H3,(H,24,25)(H,21,22,23). The molecule has 6 nitrogen and oxygen atoms in total. The van der Waals surface area contributed by atoms with E-state index in [4.69, 9.17) is 0 Å². The molecule has 0 unspecified atom stereocenters. The molecule has 0 radical (unpaired) electrons. The minimum absolute atomic E-state index is 0.199. The minimum atomic E-state index is -0.430. The number of nitrogens with zero attached hydrogens (tertiary/aromatic N) is 3. The first-order chi connectivity index (χ1) is 12.1. The highest BCUT2D eigenvalue weighted by molar-refractivity contribution is 6.03. The lowest BCUT2D eigenvalue weighted by Gasteiger charge is -2.09. The first-order valence-corrected chi connectivity index (χ1v) is 7.65. The number of hydrogen-bond donors (Lipinski definition) is 2. The molecule has 2 aromatic heterocycles. The molecule has 0 fully saturated rings. The molecule has 3 aromatic rings. The summed E-state index contributed by atoms with van der Waals surface area (Å²) in [6.45, 7) is 2.23. The summed E-state index contributed by atoms with van der Waals surface area (Å²) >= 11 is 0. The number of amides is 1. The minimum Gasteiger partial charge on any atom is -0.366 e. The highest BCUT2D eigenvalue weighted by Crippen LogP contribution is 2.13. The van der Waals surface area contributed by atoms with Crippen LogP contribution in [0.5, 0.6) is 0 Å². The summed E-state index contributed by atoms with van der Waals surface area (Å²) in [4.78, 5) is 24.8. The van der Waals surface area contributed by atoms with Crippen LogP contribution in [0, 0.1) is 12.7 Å². The fraction of sp³-hybridized carbons (Fsp3) is 0.111. The zero-order valence-corrected chi connectivity index (χ0v) is 13.5. The monoisotopic (exact) mass is 337 g/mol. The van der Waals surface area contributed by atoms with E-state index in [2.05, 4.69) is 25.6 Å². The van der Waals surface area contributed by atoms with Gasteiger partial charge in [-0.15, -0.1) is 0 Å². The lowest BCUT2D eigenvalue weighted by atomic mass is 10.2. The number of aryl methyl sites for hydroxylation is 1. The Morgan fingerprint density at radius 2 is 2.04 bits per heavy atom. The Hall–Kier alpha value is -3.35. The van der Waals surface area contributed by atoms with Gasteiger partial charge in [0, 0.05) is 30.7 Å². The van der Waals surface area contributed by atoms with Gasteiger partial charge in [-0.05, 0) is 36.8 Å². The van der Waals surface area contributed by atoms with Crippen LogP contribution in [0.2, 0.25) is 0 Å². The van der Waals surface area contributed by atoms with Gasteiger partial charge in [-0.2, -0.15) is 0 Å². The van der Waals surface area contributed by atoms with Crippen molar-refractivity contribution >= 4 is 17.4 Å². The van der Waals surface area contributed by atoms with Gasteiger partial charge >= 0.3 is 0 Å². The largest absolute Gasteiger partial charge is 0.366 e. The molecule has 0 atom stereocenters. The van der Waals surface area contributed by atoms with Crippen LogP contribution in [0.3, 0.4) is 0 Å². The molecule has 1 aromatic carbocycles. The molecule has 2 N–H and O–H groups in total. The Labute approximate surface area is 144 Å². The lowest BCUT2D eigenvalue weighted by molar-refractivity contribution is 0.102. The van der Waals surface area contributed by atoms with Gasteiger partial charge in [0.25, 0.3) is 5.91 Å². The van der Waals surface area contributed by atoms with Gasteiger partial charge in [-0.1, -0.05) is 12.1 Å². The predicted molar refractivity (Wildman–Crippen MR) is 92.7 cm³/mol. The van der Waals surface area contributed by atoms with E-state index in [0.29, 0.717) is 23.9 Å². The quantitative estimate of drug-likeness (QED) is 0.747. The van der Waals surface area contributed by atoms with E-state index >= 15 is 0 Å². The fourth-order valence-electron chi connectivity index (χ4n) is 2.23. The summed E-state index contributed by atoms with van der Waals surface area (Å²) in [6, 6.07) is 11.0. The molecule has 0 aliphatic heterocycles. The number of aromatic nitrogens is 3. The number of nitrogens with one attached hydrogen (secondary N) is 2. The molecule has 2 heterocycles. The molecule has 7 heteroatoms. The summed E-state index contributed by atoms with van der Waals surface area (Å²) in [5, 5.41) is 5.76. The maximum atomic E-state index is 13.2. The Balaban J connectivity index is 1.73. The Kier molecular flexibility index (Phi) is 4.94. The first-order valence-electron chi connectivity index (χ1n) is 7.65. The van der Waals surface area contributed by atoms with Crippen molar-refractivity contribution in [1.82, 2.24) is 15.0 Å². The number of anilines is 2. The number of halogens is 1. The number of carbonyl (C=O) groups is 1. The molecule has 1 amide bonds. The van der Waals surface area contributed by atoms with Crippen molar-refractivity contribution in [2.45, 2.75) is 13.5 Å². The third-order valence-electron chi connectivity index (χ3n) is 3.35. The van der Waals surface area contributed by atoms with E-state index < -0.39 is 11.7 Å². The molecule has 126 valence electrons. The molecular formula is C18H16FN5O. The van der Waals surface area contributed by atoms with Crippen LogP contribution in [0.15, 0.2) is 54.9 Å². The van der Waals surface area contributed by atoms with E-state index in [1.807, 2.05) is 12.1 Å². The number of hydrogen-bond acceptors (Lipinski definition) is 5. The first kappa shape index (κ1) is 16.5. The van der Waals surface area contributed by atoms with E-state index in [1.165, 1.54) is 18.2 Å². The van der Waals surface area contributed by atoms with Crippen molar-refractivity contribution in [3.63, 3.8) is 0 Å². The number of carbonyl (C=O) groups excluding carboxylic acids is 1.